The number of rotatable bonds is 4. The van der Waals surface area contributed by atoms with E-state index in [-0.39, 0.29) is 23.8 Å². The van der Waals surface area contributed by atoms with Crippen LogP contribution >= 0.6 is 11.3 Å². The van der Waals surface area contributed by atoms with E-state index in [0.717, 1.165) is 30.0 Å². The molecule has 0 unspecified atom stereocenters. The summed E-state index contributed by atoms with van der Waals surface area (Å²) in [6, 6.07) is 11.6. The van der Waals surface area contributed by atoms with Crippen LogP contribution < -0.4 is 0 Å². The normalized spacial score (nSPS) is 24.7. The van der Waals surface area contributed by atoms with Crippen LogP contribution in [0.15, 0.2) is 41.8 Å². The van der Waals surface area contributed by atoms with Crippen LogP contribution in [0.2, 0.25) is 0 Å². The van der Waals surface area contributed by atoms with Crippen molar-refractivity contribution in [3.8, 4) is 0 Å². The van der Waals surface area contributed by atoms with Gasteiger partial charge >= 0.3 is 0 Å². The molecule has 2 amide bonds. The standard InChI is InChI=1S/C24H30N2O2S/c1-16(2)14-26-22(20-11-7-13-29-20)21(18-9-4-5-10-19(18)23(26)27)24(28)25-12-6-8-17(3)15-25/h4-5,7,9-11,13,16-17,21-22H,6,8,12,14-15H2,1-3H3/t17-,21-,22-/m0/s1. The zero-order valence-corrected chi connectivity index (χ0v) is 18.3. The number of hydrogen-bond donors (Lipinski definition) is 0. The third-order valence-corrected chi connectivity index (χ3v) is 7.01. The quantitative estimate of drug-likeness (QED) is 0.716. The van der Waals surface area contributed by atoms with Gasteiger partial charge in [-0.15, -0.1) is 11.3 Å². The summed E-state index contributed by atoms with van der Waals surface area (Å²) in [4.78, 5) is 32.4. The van der Waals surface area contributed by atoms with Crippen molar-refractivity contribution in [2.45, 2.75) is 45.6 Å². The first-order valence-corrected chi connectivity index (χ1v) is 11.6. The topological polar surface area (TPSA) is 40.6 Å². The molecule has 0 saturated carbocycles. The van der Waals surface area contributed by atoms with Crippen molar-refractivity contribution in [2.75, 3.05) is 19.6 Å². The molecule has 4 rings (SSSR count). The summed E-state index contributed by atoms with van der Waals surface area (Å²) in [5.41, 5.74) is 1.57. The molecule has 5 heteroatoms. The summed E-state index contributed by atoms with van der Waals surface area (Å²) in [6.45, 7) is 8.75. The van der Waals surface area contributed by atoms with Gasteiger partial charge in [-0.1, -0.05) is 45.0 Å². The van der Waals surface area contributed by atoms with Crippen LogP contribution in [0, 0.1) is 11.8 Å². The van der Waals surface area contributed by atoms with Crippen molar-refractivity contribution >= 4 is 23.2 Å². The Kier molecular flexibility index (Phi) is 5.77. The SMILES string of the molecule is CC(C)CN1C(=O)c2ccccc2[C@H](C(=O)N2CCC[C@H](C)C2)[C@@H]1c1cccs1. The van der Waals surface area contributed by atoms with Gasteiger partial charge in [-0.05, 0) is 47.8 Å². The smallest absolute Gasteiger partial charge is 0.254 e. The summed E-state index contributed by atoms with van der Waals surface area (Å²) in [6.07, 6.45) is 2.23. The zero-order valence-electron chi connectivity index (χ0n) is 17.5. The summed E-state index contributed by atoms with van der Waals surface area (Å²) in [5.74, 6) is 0.733. The first-order valence-electron chi connectivity index (χ1n) is 10.7. The fourth-order valence-corrected chi connectivity index (χ4v) is 5.69. The molecule has 0 aliphatic carbocycles. The number of thiophene rings is 1. The molecule has 2 aromatic rings. The van der Waals surface area contributed by atoms with Gasteiger partial charge < -0.3 is 9.80 Å². The average Bonchev–Trinajstić information content (AvgIpc) is 3.23. The monoisotopic (exact) mass is 410 g/mol. The van der Waals surface area contributed by atoms with Crippen LogP contribution in [0.1, 0.15) is 66.4 Å². The number of amides is 2. The van der Waals surface area contributed by atoms with Crippen molar-refractivity contribution < 1.29 is 9.59 Å². The van der Waals surface area contributed by atoms with Gasteiger partial charge in [-0.25, -0.2) is 0 Å². The Morgan fingerprint density at radius 3 is 2.69 bits per heavy atom. The molecule has 1 aromatic carbocycles. The number of carbonyl (C=O) groups excluding carboxylic acids is 2. The van der Waals surface area contributed by atoms with Gasteiger partial charge in [0, 0.05) is 30.1 Å². The second-order valence-electron chi connectivity index (χ2n) is 8.91. The predicted octanol–water partition coefficient (Wildman–Crippen LogP) is 4.94. The van der Waals surface area contributed by atoms with Crippen LogP contribution in [-0.4, -0.2) is 41.2 Å². The van der Waals surface area contributed by atoms with E-state index in [2.05, 4.69) is 26.8 Å². The van der Waals surface area contributed by atoms with E-state index < -0.39 is 0 Å². The van der Waals surface area contributed by atoms with Crippen molar-refractivity contribution in [2.24, 2.45) is 11.8 Å². The molecule has 3 atom stereocenters. The Morgan fingerprint density at radius 2 is 2.00 bits per heavy atom. The van der Waals surface area contributed by atoms with E-state index in [1.165, 1.54) is 6.42 Å². The van der Waals surface area contributed by atoms with Gasteiger partial charge in [0.2, 0.25) is 5.91 Å². The Hall–Kier alpha value is -2.14. The van der Waals surface area contributed by atoms with Gasteiger partial charge in [0.15, 0.2) is 0 Å². The van der Waals surface area contributed by atoms with Crippen LogP contribution in [0.3, 0.4) is 0 Å². The number of benzene rings is 1. The minimum atomic E-state index is -0.341. The van der Waals surface area contributed by atoms with E-state index >= 15 is 0 Å². The van der Waals surface area contributed by atoms with Gasteiger partial charge in [0.05, 0.1) is 12.0 Å². The molecule has 154 valence electrons. The molecule has 0 radical (unpaired) electrons. The highest BCUT2D eigenvalue weighted by molar-refractivity contribution is 7.10. The van der Waals surface area contributed by atoms with Crippen LogP contribution in [0.25, 0.3) is 0 Å². The fraction of sp³-hybridized carbons (Fsp3) is 0.500. The highest BCUT2D eigenvalue weighted by Gasteiger charge is 2.46. The van der Waals surface area contributed by atoms with E-state index in [0.29, 0.717) is 23.9 Å². The number of carbonyl (C=O) groups is 2. The van der Waals surface area contributed by atoms with Crippen molar-refractivity contribution in [1.29, 1.82) is 0 Å². The lowest BCUT2D eigenvalue weighted by Crippen LogP contribution is -2.50. The fourth-order valence-electron chi connectivity index (χ4n) is 4.82. The molecule has 0 spiro atoms. The van der Waals surface area contributed by atoms with Gasteiger partial charge in [-0.2, -0.15) is 0 Å². The first kappa shape index (κ1) is 20.1. The Balaban J connectivity index is 1.82. The third kappa shape index (κ3) is 3.85. The maximum atomic E-state index is 13.9. The third-order valence-electron chi connectivity index (χ3n) is 6.07. The number of piperidine rings is 1. The Labute approximate surface area is 177 Å². The molecule has 0 bridgehead atoms. The highest BCUT2D eigenvalue weighted by Crippen LogP contribution is 2.45. The maximum Gasteiger partial charge on any atom is 0.254 e. The van der Waals surface area contributed by atoms with E-state index in [4.69, 9.17) is 0 Å². The minimum absolute atomic E-state index is 0.0452. The van der Waals surface area contributed by atoms with E-state index in [9.17, 15) is 9.59 Å². The lowest BCUT2D eigenvalue weighted by Gasteiger charge is -2.44. The molecular weight excluding hydrogens is 380 g/mol. The molecular formula is C24H30N2O2S. The summed E-state index contributed by atoms with van der Waals surface area (Å²) in [7, 11) is 0. The van der Waals surface area contributed by atoms with Crippen LogP contribution in [-0.2, 0) is 4.79 Å². The summed E-state index contributed by atoms with van der Waals surface area (Å²) in [5, 5.41) is 2.04. The average molecular weight is 411 g/mol. The van der Waals surface area contributed by atoms with Gasteiger partial charge in [0.1, 0.15) is 0 Å². The number of likely N-dealkylation sites (tertiary alicyclic amines) is 1. The molecule has 0 N–H and O–H groups in total. The molecule has 1 fully saturated rings. The number of nitrogens with zero attached hydrogens (tertiary/aromatic N) is 2. The van der Waals surface area contributed by atoms with Gasteiger partial charge in [0.25, 0.3) is 5.91 Å². The van der Waals surface area contributed by atoms with Crippen LogP contribution in [0.5, 0.6) is 0 Å². The minimum Gasteiger partial charge on any atom is -0.342 e. The zero-order chi connectivity index (χ0) is 20.5. The molecule has 4 nitrogen and oxygen atoms in total. The van der Waals surface area contributed by atoms with Crippen LogP contribution in [0.4, 0.5) is 0 Å². The summed E-state index contributed by atoms with van der Waals surface area (Å²) >= 11 is 1.64. The predicted molar refractivity (Wildman–Crippen MR) is 117 cm³/mol. The summed E-state index contributed by atoms with van der Waals surface area (Å²) < 4.78 is 0. The molecule has 2 aliphatic heterocycles. The first-order chi connectivity index (χ1) is 14.0. The molecule has 3 heterocycles. The lowest BCUT2D eigenvalue weighted by molar-refractivity contribution is -0.136. The Morgan fingerprint density at radius 1 is 1.21 bits per heavy atom. The number of hydrogen-bond acceptors (Lipinski definition) is 3. The van der Waals surface area contributed by atoms with Crippen molar-refractivity contribution in [3.63, 3.8) is 0 Å². The second kappa shape index (κ2) is 8.31. The van der Waals surface area contributed by atoms with Gasteiger partial charge in [-0.3, -0.25) is 9.59 Å². The Bertz CT molecular complexity index is 877. The molecule has 1 aromatic heterocycles. The molecule has 1 saturated heterocycles. The van der Waals surface area contributed by atoms with Crippen molar-refractivity contribution in [3.05, 3.63) is 57.8 Å². The maximum absolute atomic E-state index is 13.9. The van der Waals surface area contributed by atoms with E-state index in [1.54, 1.807) is 11.3 Å². The molecule has 2 aliphatic rings. The molecule has 29 heavy (non-hydrogen) atoms. The largest absolute Gasteiger partial charge is 0.342 e. The van der Waals surface area contributed by atoms with Crippen molar-refractivity contribution in [1.82, 2.24) is 9.80 Å². The highest BCUT2D eigenvalue weighted by atomic mass is 32.1. The van der Waals surface area contributed by atoms with E-state index in [1.807, 2.05) is 45.5 Å². The number of fused-ring (bicyclic) bond motifs is 1. The lowest BCUT2D eigenvalue weighted by atomic mass is 9.80. The second-order valence-corrected chi connectivity index (χ2v) is 9.89.